The Morgan fingerprint density at radius 2 is 2.10 bits per heavy atom. The number of carbonyl (C=O) groups excluding carboxylic acids is 2. The Kier molecular flexibility index (Phi) is 3.66. The minimum Gasteiger partial charge on any atom is -0.466 e. The number of fused-ring (bicyclic) bond motifs is 1. The van der Waals surface area contributed by atoms with Crippen molar-refractivity contribution in [1.29, 1.82) is 0 Å². The number of Topliss-reactive ketones (excluding diaryl/α,β-unsaturated/α-hetero) is 1. The van der Waals surface area contributed by atoms with Gasteiger partial charge in [-0.2, -0.15) is 0 Å². The van der Waals surface area contributed by atoms with Crippen molar-refractivity contribution in [3.8, 4) is 5.75 Å². The summed E-state index contributed by atoms with van der Waals surface area (Å²) in [6.45, 7) is 5.66. The summed E-state index contributed by atoms with van der Waals surface area (Å²) in [6, 6.07) is 5.31. The highest BCUT2D eigenvalue weighted by molar-refractivity contribution is 6.19. The Morgan fingerprint density at radius 1 is 1.40 bits per heavy atom. The van der Waals surface area contributed by atoms with Gasteiger partial charge in [0.25, 0.3) is 5.60 Å². The molecule has 4 nitrogen and oxygen atoms in total. The van der Waals surface area contributed by atoms with Gasteiger partial charge in [-0.3, -0.25) is 4.79 Å². The third kappa shape index (κ3) is 2.11. The number of allylic oxidation sites excluding steroid dienone is 1. The Morgan fingerprint density at radius 3 is 2.65 bits per heavy atom. The molecular weight excluding hydrogens is 256 g/mol. The van der Waals surface area contributed by atoms with Crippen molar-refractivity contribution in [2.75, 3.05) is 7.11 Å². The minimum absolute atomic E-state index is 0.176. The van der Waals surface area contributed by atoms with Crippen LogP contribution in [-0.4, -0.2) is 24.5 Å². The number of aryl methyl sites for hydroxylation is 1. The molecule has 0 N–H and O–H groups in total. The first kappa shape index (κ1) is 14.3. The van der Waals surface area contributed by atoms with Crippen LogP contribution in [0.4, 0.5) is 0 Å². The SMILES string of the molecule is COC(=O)[C@]1(CC=C(C)C)Oc2c(C)cccc2C1=O. The fraction of sp³-hybridized carbons (Fsp3) is 0.375. The van der Waals surface area contributed by atoms with Crippen molar-refractivity contribution in [2.45, 2.75) is 32.8 Å². The van der Waals surface area contributed by atoms with Gasteiger partial charge >= 0.3 is 5.97 Å². The van der Waals surface area contributed by atoms with Gasteiger partial charge in [0.05, 0.1) is 12.7 Å². The Labute approximate surface area is 118 Å². The highest BCUT2D eigenvalue weighted by atomic mass is 16.6. The largest absolute Gasteiger partial charge is 0.466 e. The number of benzene rings is 1. The molecule has 2 rings (SSSR count). The molecular formula is C16H18O4. The summed E-state index contributed by atoms with van der Waals surface area (Å²) in [7, 11) is 1.26. The molecule has 1 aliphatic heterocycles. The lowest BCUT2D eigenvalue weighted by Crippen LogP contribution is -2.48. The monoisotopic (exact) mass is 274 g/mol. The number of esters is 1. The van der Waals surface area contributed by atoms with Crippen molar-refractivity contribution in [3.63, 3.8) is 0 Å². The molecule has 0 spiro atoms. The van der Waals surface area contributed by atoms with Crippen LogP contribution in [0.5, 0.6) is 5.75 Å². The summed E-state index contributed by atoms with van der Waals surface area (Å²) in [5.41, 5.74) is 0.703. The maximum absolute atomic E-state index is 12.6. The van der Waals surface area contributed by atoms with E-state index in [1.54, 1.807) is 12.1 Å². The molecule has 1 aliphatic rings. The van der Waals surface area contributed by atoms with Crippen molar-refractivity contribution in [1.82, 2.24) is 0 Å². The number of ketones is 1. The highest BCUT2D eigenvalue weighted by Gasteiger charge is 2.54. The minimum atomic E-state index is -1.58. The maximum Gasteiger partial charge on any atom is 0.358 e. The number of rotatable bonds is 3. The third-order valence-corrected chi connectivity index (χ3v) is 3.41. The van der Waals surface area contributed by atoms with E-state index in [2.05, 4.69) is 0 Å². The molecule has 0 aromatic heterocycles. The zero-order valence-electron chi connectivity index (χ0n) is 12.1. The van der Waals surface area contributed by atoms with Crippen LogP contribution in [0, 0.1) is 6.92 Å². The van der Waals surface area contributed by atoms with E-state index >= 15 is 0 Å². The molecule has 1 aromatic carbocycles. The maximum atomic E-state index is 12.6. The average molecular weight is 274 g/mol. The van der Waals surface area contributed by atoms with Crippen LogP contribution in [0.3, 0.4) is 0 Å². The summed E-state index contributed by atoms with van der Waals surface area (Å²) in [6.07, 6.45) is 1.99. The number of hydrogen-bond donors (Lipinski definition) is 0. The number of hydrogen-bond acceptors (Lipinski definition) is 4. The molecule has 1 atom stereocenters. The van der Waals surface area contributed by atoms with Gasteiger partial charge in [-0.05, 0) is 32.4 Å². The second-order valence-corrected chi connectivity index (χ2v) is 5.19. The predicted octanol–water partition coefficient (Wildman–Crippen LogP) is 2.84. The molecule has 20 heavy (non-hydrogen) atoms. The van der Waals surface area contributed by atoms with Gasteiger partial charge in [0.1, 0.15) is 5.75 Å². The van der Waals surface area contributed by atoms with Crippen LogP contribution in [0.1, 0.15) is 36.2 Å². The zero-order valence-corrected chi connectivity index (χ0v) is 12.1. The normalized spacial score (nSPS) is 20.1. The molecule has 0 radical (unpaired) electrons. The first-order chi connectivity index (χ1) is 9.42. The van der Waals surface area contributed by atoms with Crippen LogP contribution in [0.2, 0.25) is 0 Å². The molecule has 4 heteroatoms. The van der Waals surface area contributed by atoms with Crippen LogP contribution in [-0.2, 0) is 9.53 Å². The molecule has 0 aliphatic carbocycles. The topological polar surface area (TPSA) is 52.6 Å². The van der Waals surface area contributed by atoms with Gasteiger partial charge in [0.2, 0.25) is 5.78 Å². The zero-order chi connectivity index (χ0) is 14.9. The van der Waals surface area contributed by atoms with E-state index in [1.165, 1.54) is 7.11 Å². The van der Waals surface area contributed by atoms with E-state index in [1.807, 2.05) is 32.9 Å². The molecule has 0 bridgehead atoms. The van der Waals surface area contributed by atoms with E-state index in [9.17, 15) is 9.59 Å². The van der Waals surface area contributed by atoms with Crippen molar-refractivity contribution in [2.24, 2.45) is 0 Å². The van der Waals surface area contributed by atoms with Crippen molar-refractivity contribution >= 4 is 11.8 Å². The molecule has 0 fully saturated rings. The van der Waals surface area contributed by atoms with Gasteiger partial charge < -0.3 is 9.47 Å². The molecule has 1 heterocycles. The van der Waals surface area contributed by atoms with E-state index < -0.39 is 11.6 Å². The quantitative estimate of drug-likeness (QED) is 0.483. The summed E-state index contributed by atoms with van der Waals surface area (Å²) in [4.78, 5) is 24.8. The average Bonchev–Trinajstić information content (AvgIpc) is 2.72. The number of ether oxygens (including phenoxy) is 2. The van der Waals surface area contributed by atoms with Gasteiger partial charge in [-0.25, -0.2) is 4.79 Å². The summed E-state index contributed by atoms with van der Waals surface area (Å²) in [5, 5.41) is 0. The Balaban J connectivity index is 2.52. The van der Waals surface area contributed by atoms with Gasteiger partial charge in [0, 0.05) is 6.42 Å². The van der Waals surface area contributed by atoms with Gasteiger partial charge in [0.15, 0.2) is 0 Å². The molecule has 1 aromatic rings. The van der Waals surface area contributed by atoms with Crippen LogP contribution in [0.25, 0.3) is 0 Å². The fourth-order valence-electron chi connectivity index (χ4n) is 2.27. The number of carbonyl (C=O) groups is 2. The van der Waals surface area contributed by atoms with Gasteiger partial charge in [-0.1, -0.05) is 23.8 Å². The Bertz CT molecular complexity index is 596. The highest BCUT2D eigenvalue weighted by Crippen LogP contribution is 2.40. The standard InChI is InChI=1S/C16H18O4/c1-10(2)8-9-16(15(18)19-4)14(17)12-7-5-6-11(3)13(12)20-16/h5-8H,9H2,1-4H3/t16-/m1/s1. The fourth-order valence-corrected chi connectivity index (χ4v) is 2.27. The summed E-state index contributed by atoms with van der Waals surface area (Å²) >= 11 is 0. The van der Waals surface area contributed by atoms with Crippen molar-refractivity contribution in [3.05, 3.63) is 41.0 Å². The van der Waals surface area contributed by atoms with Gasteiger partial charge in [-0.15, -0.1) is 0 Å². The van der Waals surface area contributed by atoms with E-state index in [4.69, 9.17) is 9.47 Å². The predicted molar refractivity (Wildman–Crippen MR) is 74.9 cm³/mol. The lowest BCUT2D eigenvalue weighted by Gasteiger charge is -2.23. The second kappa shape index (κ2) is 5.12. The molecule has 0 amide bonds. The molecule has 0 saturated heterocycles. The summed E-state index contributed by atoms with van der Waals surface area (Å²) in [5.74, 6) is -0.513. The smallest absolute Gasteiger partial charge is 0.358 e. The van der Waals surface area contributed by atoms with Crippen LogP contribution >= 0.6 is 0 Å². The third-order valence-electron chi connectivity index (χ3n) is 3.41. The van der Waals surface area contributed by atoms with E-state index in [0.717, 1.165) is 11.1 Å². The molecule has 0 saturated carbocycles. The lowest BCUT2D eigenvalue weighted by atomic mass is 9.91. The van der Waals surface area contributed by atoms with E-state index in [0.29, 0.717) is 11.3 Å². The summed E-state index contributed by atoms with van der Waals surface area (Å²) < 4.78 is 10.6. The lowest BCUT2D eigenvalue weighted by molar-refractivity contribution is -0.153. The Hall–Kier alpha value is -2.10. The second-order valence-electron chi connectivity index (χ2n) is 5.19. The first-order valence-electron chi connectivity index (χ1n) is 6.47. The first-order valence-corrected chi connectivity index (χ1v) is 6.47. The molecule has 0 unspecified atom stereocenters. The van der Waals surface area contributed by atoms with Crippen LogP contribution < -0.4 is 4.74 Å². The number of para-hydroxylation sites is 1. The van der Waals surface area contributed by atoms with E-state index in [-0.39, 0.29) is 12.2 Å². The number of methoxy groups -OCH3 is 1. The molecule has 106 valence electrons. The van der Waals surface area contributed by atoms with Crippen molar-refractivity contribution < 1.29 is 19.1 Å². The van der Waals surface area contributed by atoms with Crippen LogP contribution in [0.15, 0.2) is 29.8 Å².